The number of rotatable bonds is 2. The maximum Gasteiger partial charge on any atom is 0.201 e. The molecule has 0 aromatic carbocycles. The lowest BCUT2D eigenvalue weighted by Crippen LogP contribution is -2.12. The van der Waals surface area contributed by atoms with Crippen LogP contribution in [0.2, 0.25) is 0 Å². The van der Waals surface area contributed by atoms with E-state index in [4.69, 9.17) is 4.42 Å². The van der Waals surface area contributed by atoms with Crippen molar-refractivity contribution >= 4 is 33.5 Å². The van der Waals surface area contributed by atoms with E-state index in [9.17, 15) is 4.79 Å². The highest BCUT2D eigenvalue weighted by Crippen LogP contribution is 2.27. The molecule has 1 unspecified atom stereocenters. The minimum absolute atomic E-state index is 0.149. The Hall–Kier alpha value is -0.220. The summed E-state index contributed by atoms with van der Waals surface area (Å²) in [4.78, 5) is 11.7. The average Bonchev–Trinajstić information content (AvgIpc) is 2.72. The highest BCUT2D eigenvalue weighted by Gasteiger charge is 2.26. The fourth-order valence-corrected chi connectivity index (χ4v) is 2.92. The van der Waals surface area contributed by atoms with Crippen LogP contribution in [-0.2, 0) is 0 Å². The first-order valence-electron chi connectivity index (χ1n) is 4.14. The van der Waals surface area contributed by atoms with Gasteiger partial charge in [-0.25, -0.2) is 0 Å². The third-order valence-electron chi connectivity index (χ3n) is 2.12. The van der Waals surface area contributed by atoms with Gasteiger partial charge in [-0.3, -0.25) is 4.79 Å². The van der Waals surface area contributed by atoms with E-state index in [2.05, 4.69) is 15.9 Å². The third-order valence-corrected chi connectivity index (χ3v) is 3.71. The average molecular weight is 261 g/mol. The van der Waals surface area contributed by atoms with E-state index in [0.717, 1.165) is 17.9 Å². The van der Waals surface area contributed by atoms with Crippen LogP contribution >= 0.6 is 27.7 Å². The molecule has 0 N–H and O–H groups in total. The molecule has 70 valence electrons. The van der Waals surface area contributed by atoms with Crippen molar-refractivity contribution in [1.82, 2.24) is 0 Å². The normalized spacial score (nSPS) is 22.1. The fourth-order valence-electron chi connectivity index (χ4n) is 1.39. The van der Waals surface area contributed by atoms with Crippen molar-refractivity contribution in [3.63, 3.8) is 0 Å². The lowest BCUT2D eigenvalue weighted by atomic mass is 10.0. The van der Waals surface area contributed by atoms with Crippen LogP contribution in [0.1, 0.15) is 17.0 Å². The molecule has 0 saturated carbocycles. The molecule has 4 heteroatoms. The summed E-state index contributed by atoms with van der Waals surface area (Å²) in [6.45, 7) is 0. The summed E-state index contributed by atoms with van der Waals surface area (Å²) >= 11 is 5.02. The topological polar surface area (TPSA) is 30.2 Å². The van der Waals surface area contributed by atoms with Crippen molar-refractivity contribution in [2.75, 3.05) is 11.5 Å². The standard InChI is InChI=1S/C9H9BrO2S/c10-8-2-1-7(12-8)9(11)6-3-4-13-5-6/h1-2,6H,3-5H2. The molecule has 1 aliphatic heterocycles. The second-order valence-electron chi connectivity index (χ2n) is 3.03. The Labute approximate surface area is 89.2 Å². The Kier molecular flexibility index (Phi) is 2.79. The molecule has 1 aliphatic rings. The van der Waals surface area contributed by atoms with Gasteiger partial charge < -0.3 is 4.42 Å². The van der Waals surface area contributed by atoms with E-state index in [1.54, 1.807) is 12.1 Å². The van der Waals surface area contributed by atoms with Gasteiger partial charge in [0, 0.05) is 11.7 Å². The highest BCUT2D eigenvalue weighted by molar-refractivity contribution is 9.10. The zero-order valence-corrected chi connectivity index (χ0v) is 9.36. The number of thioether (sulfide) groups is 1. The van der Waals surface area contributed by atoms with Gasteiger partial charge in [0.1, 0.15) is 0 Å². The van der Waals surface area contributed by atoms with E-state index in [1.165, 1.54) is 0 Å². The van der Waals surface area contributed by atoms with E-state index < -0.39 is 0 Å². The van der Waals surface area contributed by atoms with Gasteiger partial charge in [-0.05, 0) is 40.2 Å². The molecular formula is C9H9BrO2S. The van der Waals surface area contributed by atoms with Crippen LogP contribution in [0.15, 0.2) is 21.2 Å². The quantitative estimate of drug-likeness (QED) is 0.766. The van der Waals surface area contributed by atoms with Gasteiger partial charge in [0.2, 0.25) is 5.78 Å². The summed E-state index contributed by atoms with van der Waals surface area (Å²) in [5.41, 5.74) is 0. The SMILES string of the molecule is O=C(c1ccc(Br)o1)C1CCSC1. The van der Waals surface area contributed by atoms with Crippen LogP contribution in [-0.4, -0.2) is 17.3 Å². The number of carbonyl (C=O) groups is 1. The summed E-state index contributed by atoms with van der Waals surface area (Å²) < 4.78 is 5.84. The van der Waals surface area contributed by atoms with Crippen LogP contribution in [0.4, 0.5) is 0 Å². The third kappa shape index (κ3) is 1.99. The maximum atomic E-state index is 11.7. The maximum absolute atomic E-state index is 11.7. The van der Waals surface area contributed by atoms with Gasteiger partial charge in [-0.2, -0.15) is 11.8 Å². The van der Waals surface area contributed by atoms with Gasteiger partial charge in [-0.15, -0.1) is 0 Å². The predicted molar refractivity (Wildman–Crippen MR) is 56.2 cm³/mol. The lowest BCUT2D eigenvalue weighted by Gasteiger charge is -2.02. The molecule has 0 amide bonds. The van der Waals surface area contributed by atoms with Gasteiger partial charge >= 0.3 is 0 Å². The first-order valence-corrected chi connectivity index (χ1v) is 6.09. The van der Waals surface area contributed by atoms with Crippen molar-refractivity contribution in [2.45, 2.75) is 6.42 Å². The fraction of sp³-hybridized carbons (Fsp3) is 0.444. The Morgan fingerprint density at radius 1 is 1.62 bits per heavy atom. The lowest BCUT2D eigenvalue weighted by molar-refractivity contribution is 0.0904. The van der Waals surface area contributed by atoms with Crippen molar-refractivity contribution in [3.8, 4) is 0 Å². The number of carbonyl (C=O) groups excluding carboxylic acids is 1. The number of furan rings is 1. The molecule has 1 atom stereocenters. The van der Waals surface area contributed by atoms with Crippen molar-refractivity contribution in [3.05, 3.63) is 22.6 Å². The molecule has 0 radical (unpaired) electrons. The van der Waals surface area contributed by atoms with Crippen LogP contribution in [0, 0.1) is 5.92 Å². The van der Waals surface area contributed by atoms with Gasteiger partial charge in [0.05, 0.1) is 0 Å². The molecule has 2 rings (SSSR count). The van der Waals surface area contributed by atoms with Crippen molar-refractivity contribution in [2.24, 2.45) is 5.92 Å². The molecule has 1 aromatic heterocycles. The molecule has 2 heterocycles. The van der Waals surface area contributed by atoms with Crippen molar-refractivity contribution < 1.29 is 9.21 Å². The second kappa shape index (κ2) is 3.88. The highest BCUT2D eigenvalue weighted by atomic mass is 79.9. The number of ketones is 1. The molecule has 0 bridgehead atoms. The van der Waals surface area contributed by atoms with E-state index in [0.29, 0.717) is 10.4 Å². The number of hydrogen-bond donors (Lipinski definition) is 0. The summed E-state index contributed by atoms with van der Waals surface area (Å²) in [6, 6.07) is 3.49. The van der Waals surface area contributed by atoms with Gasteiger partial charge in [-0.1, -0.05) is 0 Å². The molecular weight excluding hydrogens is 252 g/mol. The summed E-state index contributed by atoms with van der Waals surface area (Å²) in [6.07, 6.45) is 0.988. The Bertz CT molecular complexity index is 315. The minimum atomic E-state index is 0.149. The molecule has 1 aromatic rings. The molecule has 1 saturated heterocycles. The Morgan fingerprint density at radius 2 is 2.46 bits per heavy atom. The first-order chi connectivity index (χ1) is 6.27. The molecule has 2 nitrogen and oxygen atoms in total. The minimum Gasteiger partial charge on any atom is -0.446 e. The zero-order chi connectivity index (χ0) is 9.26. The summed E-state index contributed by atoms with van der Waals surface area (Å²) in [5, 5.41) is 0. The van der Waals surface area contributed by atoms with Crippen LogP contribution in [0.25, 0.3) is 0 Å². The van der Waals surface area contributed by atoms with Gasteiger partial charge in [0.15, 0.2) is 10.4 Å². The monoisotopic (exact) mass is 260 g/mol. The predicted octanol–water partition coefficient (Wildman–Crippen LogP) is 2.98. The number of hydrogen-bond acceptors (Lipinski definition) is 3. The van der Waals surface area contributed by atoms with Gasteiger partial charge in [0.25, 0.3) is 0 Å². The summed E-state index contributed by atoms with van der Waals surface area (Å²) in [7, 11) is 0. The van der Waals surface area contributed by atoms with Crippen LogP contribution in [0.5, 0.6) is 0 Å². The Morgan fingerprint density at radius 3 is 3.00 bits per heavy atom. The van der Waals surface area contributed by atoms with Crippen LogP contribution < -0.4 is 0 Å². The second-order valence-corrected chi connectivity index (χ2v) is 4.96. The molecule has 0 aliphatic carbocycles. The number of Topliss-reactive ketones (excluding diaryl/α,β-unsaturated/α-hetero) is 1. The van der Waals surface area contributed by atoms with Crippen molar-refractivity contribution in [1.29, 1.82) is 0 Å². The van der Waals surface area contributed by atoms with E-state index in [1.807, 2.05) is 11.8 Å². The smallest absolute Gasteiger partial charge is 0.201 e. The van der Waals surface area contributed by atoms with E-state index in [-0.39, 0.29) is 11.7 Å². The molecule has 13 heavy (non-hydrogen) atoms. The largest absolute Gasteiger partial charge is 0.446 e. The first kappa shape index (κ1) is 9.34. The zero-order valence-electron chi connectivity index (χ0n) is 6.96. The van der Waals surface area contributed by atoms with E-state index >= 15 is 0 Å². The van der Waals surface area contributed by atoms with Crippen LogP contribution in [0.3, 0.4) is 0 Å². The number of halogens is 1. The molecule has 1 fully saturated rings. The summed E-state index contributed by atoms with van der Waals surface area (Å²) in [5.74, 6) is 2.84. The molecule has 0 spiro atoms. The Balaban J connectivity index is 2.12.